The normalized spacial score (nSPS) is 10.5. The molecule has 2 N–H and O–H groups in total. The van der Waals surface area contributed by atoms with Crippen LogP contribution in [0.4, 0.5) is 5.00 Å². The molecule has 1 aromatic carbocycles. The fourth-order valence-electron chi connectivity index (χ4n) is 2.60. The highest BCUT2D eigenvalue weighted by molar-refractivity contribution is 7.18. The number of nitrogen functional groups attached to an aromatic ring is 1. The summed E-state index contributed by atoms with van der Waals surface area (Å²) in [5.74, 6) is -2.14. The van der Waals surface area contributed by atoms with Crippen molar-refractivity contribution >= 4 is 45.1 Å². The van der Waals surface area contributed by atoms with E-state index >= 15 is 0 Å². The number of pyridine rings is 1. The van der Waals surface area contributed by atoms with Gasteiger partial charge in [-0.25, -0.2) is 19.4 Å². The number of methoxy groups -OCH3 is 2. The summed E-state index contributed by atoms with van der Waals surface area (Å²) in [5, 5.41) is 0.952. The Hall–Kier alpha value is -3.46. The number of para-hydroxylation sites is 1. The molecule has 0 saturated carbocycles. The number of esters is 3. The number of ether oxygens (including phenoxy) is 3. The number of hydrogen-bond donors (Lipinski definition) is 1. The Morgan fingerprint density at radius 1 is 1.00 bits per heavy atom. The number of benzene rings is 1. The van der Waals surface area contributed by atoms with Gasteiger partial charge in [0.2, 0.25) is 0 Å². The van der Waals surface area contributed by atoms with Crippen LogP contribution in [-0.4, -0.2) is 37.1 Å². The SMILES string of the molecule is COC(=O)c1sc(N)c(C(=O)OC)c1COC(=O)c1ccc2ccccc2n1. The lowest BCUT2D eigenvalue weighted by molar-refractivity contribution is 0.0447. The van der Waals surface area contributed by atoms with Gasteiger partial charge in [-0.1, -0.05) is 24.3 Å². The number of aromatic nitrogens is 1. The summed E-state index contributed by atoms with van der Waals surface area (Å²) < 4.78 is 14.7. The number of carbonyl (C=O) groups excluding carboxylic acids is 3. The minimum atomic E-state index is -0.737. The number of anilines is 1. The van der Waals surface area contributed by atoms with Crippen molar-refractivity contribution in [1.29, 1.82) is 0 Å². The largest absolute Gasteiger partial charge is 0.465 e. The number of nitrogens with two attached hydrogens (primary N) is 1. The molecular weight excluding hydrogens is 384 g/mol. The summed E-state index contributed by atoms with van der Waals surface area (Å²) in [6, 6.07) is 10.6. The Morgan fingerprint density at radius 3 is 2.43 bits per heavy atom. The van der Waals surface area contributed by atoms with E-state index in [1.165, 1.54) is 20.3 Å². The molecule has 0 aliphatic rings. The summed E-state index contributed by atoms with van der Waals surface area (Å²) in [6.07, 6.45) is 0. The maximum absolute atomic E-state index is 12.4. The Bertz CT molecular complexity index is 1080. The van der Waals surface area contributed by atoms with E-state index in [0.717, 1.165) is 16.7 Å². The van der Waals surface area contributed by atoms with E-state index in [1.807, 2.05) is 18.2 Å². The van der Waals surface area contributed by atoms with Crippen LogP contribution in [0.1, 0.15) is 36.1 Å². The maximum Gasteiger partial charge on any atom is 0.357 e. The molecule has 0 aliphatic heterocycles. The predicted octanol–water partition coefficient (Wildman–Crippen LogP) is 2.81. The average Bonchev–Trinajstić information content (AvgIpc) is 3.06. The zero-order valence-electron chi connectivity index (χ0n) is 15.1. The molecule has 0 saturated heterocycles. The first-order valence-electron chi connectivity index (χ1n) is 8.07. The molecule has 0 spiro atoms. The van der Waals surface area contributed by atoms with Gasteiger partial charge in [0.1, 0.15) is 27.7 Å². The van der Waals surface area contributed by atoms with Crippen molar-refractivity contribution in [2.45, 2.75) is 6.61 Å². The van der Waals surface area contributed by atoms with Crippen LogP contribution >= 0.6 is 11.3 Å². The summed E-state index contributed by atoms with van der Waals surface area (Å²) >= 11 is 0.862. The van der Waals surface area contributed by atoms with Gasteiger partial charge >= 0.3 is 17.9 Å². The van der Waals surface area contributed by atoms with Crippen LogP contribution in [0.15, 0.2) is 36.4 Å². The summed E-state index contributed by atoms with van der Waals surface area (Å²) in [7, 11) is 2.39. The second kappa shape index (κ2) is 8.05. The van der Waals surface area contributed by atoms with Crippen LogP contribution < -0.4 is 5.73 Å². The van der Waals surface area contributed by atoms with Gasteiger partial charge in [-0.15, -0.1) is 11.3 Å². The van der Waals surface area contributed by atoms with Crippen molar-refractivity contribution in [2.75, 3.05) is 20.0 Å². The van der Waals surface area contributed by atoms with E-state index in [-0.39, 0.29) is 33.3 Å². The molecule has 2 heterocycles. The van der Waals surface area contributed by atoms with Gasteiger partial charge < -0.3 is 19.9 Å². The van der Waals surface area contributed by atoms with Crippen LogP contribution in [0.3, 0.4) is 0 Å². The lowest BCUT2D eigenvalue weighted by atomic mass is 10.1. The van der Waals surface area contributed by atoms with E-state index in [9.17, 15) is 14.4 Å². The number of fused-ring (bicyclic) bond motifs is 1. The lowest BCUT2D eigenvalue weighted by Gasteiger charge is -2.08. The quantitative estimate of drug-likeness (QED) is 0.513. The predicted molar refractivity (Wildman–Crippen MR) is 102 cm³/mol. The first kappa shape index (κ1) is 19.3. The molecule has 2 aromatic heterocycles. The average molecular weight is 400 g/mol. The molecule has 0 atom stereocenters. The van der Waals surface area contributed by atoms with Gasteiger partial charge in [-0.2, -0.15) is 0 Å². The van der Waals surface area contributed by atoms with Crippen molar-refractivity contribution in [3.8, 4) is 0 Å². The molecule has 3 aromatic rings. The summed E-state index contributed by atoms with van der Waals surface area (Å²) in [4.78, 5) is 40.8. The molecule has 9 heteroatoms. The van der Waals surface area contributed by atoms with Crippen LogP contribution in [0, 0.1) is 0 Å². The van der Waals surface area contributed by atoms with Gasteiger partial charge in [0.25, 0.3) is 0 Å². The number of carbonyl (C=O) groups is 3. The molecule has 3 rings (SSSR count). The zero-order chi connectivity index (χ0) is 20.3. The molecule has 8 nitrogen and oxygen atoms in total. The molecule has 0 unspecified atom stereocenters. The van der Waals surface area contributed by atoms with Crippen LogP contribution in [0.25, 0.3) is 10.9 Å². The number of nitrogens with zero attached hydrogens (tertiary/aromatic N) is 1. The second-order valence-corrected chi connectivity index (χ2v) is 6.65. The molecule has 28 heavy (non-hydrogen) atoms. The first-order valence-corrected chi connectivity index (χ1v) is 8.88. The van der Waals surface area contributed by atoms with Gasteiger partial charge in [-0.3, -0.25) is 0 Å². The van der Waals surface area contributed by atoms with Gasteiger partial charge in [0, 0.05) is 10.9 Å². The Morgan fingerprint density at radius 2 is 1.71 bits per heavy atom. The van der Waals surface area contributed by atoms with E-state index in [4.69, 9.17) is 19.9 Å². The number of hydrogen-bond acceptors (Lipinski definition) is 9. The minimum absolute atomic E-state index is 0.0211. The van der Waals surface area contributed by atoms with E-state index < -0.39 is 17.9 Å². The Labute approximate surface area is 163 Å². The fourth-order valence-corrected chi connectivity index (χ4v) is 3.58. The molecule has 0 amide bonds. The van der Waals surface area contributed by atoms with Crippen LogP contribution in [-0.2, 0) is 20.8 Å². The van der Waals surface area contributed by atoms with E-state index in [2.05, 4.69) is 4.98 Å². The molecular formula is C19H16N2O6S. The van der Waals surface area contributed by atoms with E-state index in [1.54, 1.807) is 12.1 Å². The Kier molecular flexibility index (Phi) is 5.55. The highest BCUT2D eigenvalue weighted by atomic mass is 32.1. The topological polar surface area (TPSA) is 118 Å². The monoisotopic (exact) mass is 400 g/mol. The second-order valence-electron chi connectivity index (χ2n) is 5.60. The van der Waals surface area contributed by atoms with Crippen molar-refractivity contribution in [3.63, 3.8) is 0 Å². The van der Waals surface area contributed by atoms with Crippen molar-refractivity contribution in [2.24, 2.45) is 0 Å². The fraction of sp³-hybridized carbons (Fsp3) is 0.158. The van der Waals surface area contributed by atoms with Crippen LogP contribution in [0.5, 0.6) is 0 Å². The van der Waals surface area contributed by atoms with Crippen LogP contribution in [0.2, 0.25) is 0 Å². The van der Waals surface area contributed by atoms with Crippen molar-refractivity contribution in [3.05, 3.63) is 58.1 Å². The minimum Gasteiger partial charge on any atom is -0.465 e. The highest BCUT2D eigenvalue weighted by Crippen LogP contribution is 2.33. The van der Waals surface area contributed by atoms with Gasteiger partial charge in [0.05, 0.1) is 19.7 Å². The number of thiophene rings is 1. The Balaban J connectivity index is 1.89. The molecule has 0 radical (unpaired) electrons. The first-order chi connectivity index (χ1) is 13.5. The smallest absolute Gasteiger partial charge is 0.357 e. The van der Waals surface area contributed by atoms with Gasteiger partial charge in [-0.05, 0) is 12.1 Å². The molecule has 0 bridgehead atoms. The van der Waals surface area contributed by atoms with Crippen molar-refractivity contribution < 1.29 is 28.6 Å². The third kappa shape index (κ3) is 3.65. The van der Waals surface area contributed by atoms with Crippen molar-refractivity contribution in [1.82, 2.24) is 4.98 Å². The summed E-state index contributed by atoms with van der Waals surface area (Å²) in [5.41, 5.74) is 6.70. The zero-order valence-corrected chi connectivity index (χ0v) is 15.9. The molecule has 0 aliphatic carbocycles. The maximum atomic E-state index is 12.4. The summed E-state index contributed by atoms with van der Waals surface area (Å²) in [6.45, 7) is -0.365. The third-order valence-corrected chi connectivity index (χ3v) is 4.99. The third-order valence-electron chi connectivity index (χ3n) is 3.95. The standard InChI is InChI=1S/C19H16N2O6S/c1-25-18(23)14-11(15(19(24)26-2)28-16(14)20)9-27-17(22)13-8-7-10-5-3-4-6-12(10)21-13/h3-8H,9,20H2,1-2H3. The highest BCUT2D eigenvalue weighted by Gasteiger charge is 2.28. The lowest BCUT2D eigenvalue weighted by Crippen LogP contribution is -2.13. The molecule has 0 fully saturated rings. The van der Waals surface area contributed by atoms with Gasteiger partial charge in [0.15, 0.2) is 0 Å². The van der Waals surface area contributed by atoms with E-state index in [0.29, 0.717) is 5.52 Å². The molecule has 144 valence electrons. The number of rotatable bonds is 5.